The lowest BCUT2D eigenvalue weighted by molar-refractivity contribution is -0.137. The number of halogens is 3. The number of aromatic nitrogens is 1. The van der Waals surface area contributed by atoms with E-state index in [9.17, 15) is 18.0 Å². The zero-order valence-electron chi connectivity index (χ0n) is 10.0. The highest BCUT2D eigenvalue weighted by Crippen LogP contribution is 2.31. The molecule has 2 rings (SSSR count). The van der Waals surface area contributed by atoms with E-state index >= 15 is 0 Å². The van der Waals surface area contributed by atoms with E-state index in [4.69, 9.17) is 10.5 Å². The van der Waals surface area contributed by atoms with Crippen molar-refractivity contribution >= 4 is 11.8 Å². The largest absolute Gasteiger partial charge is 0.422 e. The van der Waals surface area contributed by atoms with Gasteiger partial charge in [-0.25, -0.2) is 9.78 Å². The summed E-state index contributed by atoms with van der Waals surface area (Å²) in [5.41, 5.74) is 4.42. The van der Waals surface area contributed by atoms with Crippen LogP contribution in [0.4, 0.5) is 19.0 Å². The maximum absolute atomic E-state index is 12.5. The Morgan fingerprint density at radius 1 is 1.15 bits per heavy atom. The summed E-state index contributed by atoms with van der Waals surface area (Å²) < 4.78 is 42.4. The van der Waals surface area contributed by atoms with Crippen molar-refractivity contribution in [2.24, 2.45) is 0 Å². The smallest absolute Gasteiger partial charge is 0.416 e. The van der Waals surface area contributed by atoms with E-state index in [0.29, 0.717) is 0 Å². The summed E-state index contributed by atoms with van der Waals surface area (Å²) in [5, 5.41) is 0. The molecular weight excluding hydrogens is 273 g/mol. The number of anilines is 1. The van der Waals surface area contributed by atoms with E-state index in [1.54, 1.807) is 0 Å². The minimum absolute atomic E-state index is 0.0811. The van der Waals surface area contributed by atoms with Crippen LogP contribution in [0.25, 0.3) is 0 Å². The number of nitrogens with zero attached hydrogens (tertiary/aromatic N) is 1. The van der Waals surface area contributed by atoms with E-state index in [0.717, 1.165) is 18.2 Å². The highest BCUT2D eigenvalue weighted by molar-refractivity contribution is 5.89. The van der Waals surface area contributed by atoms with Crippen molar-refractivity contribution in [1.29, 1.82) is 0 Å². The third-order valence-electron chi connectivity index (χ3n) is 2.35. The molecule has 0 atom stereocenters. The molecule has 0 aliphatic carbocycles. The molecule has 0 spiro atoms. The van der Waals surface area contributed by atoms with E-state index in [1.807, 2.05) is 0 Å². The van der Waals surface area contributed by atoms with Gasteiger partial charge in [-0.1, -0.05) is 12.1 Å². The molecule has 7 heteroatoms. The van der Waals surface area contributed by atoms with Gasteiger partial charge in [0, 0.05) is 0 Å². The number of nitrogens with two attached hydrogens (primary N) is 1. The average molecular weight is 282 g/mol. The van der Waals surface area contributed by atoms with Crippen molar-refractivity contribution in [3.63, 3.8) is 0 Å². The highest BCUT2D eigenvalue weighted by atomic mass is 19.4. The summed E-state index contributed by atoms with van der Waals surface area (Å²) in [5.74, 6) is -0.978. The number of ether oxygens (including phenoxy) is 1. The number of esters is 1. The van der Waals surface area contributed by atoms with E-state index in [1.165, 1.54) is 24.3 Å². The molecule has 1 heterocycles. The van der Waals surface area contributed by atoms with Crippen LogP contribution in [-0.4, -0.2) is 11.0 Å². The number of carbonyl (C=O) groups excluding carboxylic acids is 1. The van der Waals surface area contributed by atoms with Gasteiger partial charge in [-0.15, -0.1) is 0 Å². The number of hydrogen-bond donors (Lipinski definition) is 1. The van der Waals surface area contributed by atoms with Gasteiger partial charge < -0.3 is 10.5 Å². The SMILES string of the molecule is Nc1cccc(C(=O)Oc2cccc(C(F)(F)F)c2)n1. The molecule has 0 saturated carbocycles. The van der Waals surface area contributed by atoms with Crippen LogP contribution in [0.3, 0.4) is 0 Å². The minimum atomic E-state index is -4.50. The molecule has 2 N–H and O–H groups in total. The lowest BCUT2D eigenvalue weighted by atomic mass is 10.2. The molecule has 0 saturated heterocycles. The summed E-state index contributed by atoms with van der Waals surface area (Å²) in [6.45, 7) is 0. The topological polar surface area (TPSA) is 65.2 Å². The molecule has 0 amide bonds. The van der Waals surface area contributed by atoms with Gasteiger partial charge in [-0.05, 0) is 30.3 Å². The molecule has 0 fully saturated rings. The van der Waals surface area contributed by atoms with Crippen LogP contribution in [0.5, 0.6) is 5.75 Å². The lowest BCUT2D eigenvalue weighted by Crippen LogP contribution is -2.12. The third kappa shape index (κ3) is 3.25. The molecule has 1 aromatic heterocycles. The van der Waals surface area contributed by atoms with Crippen molar-refractivity contribution in [3.8, 4) is 5.75 Å². The molecule has 1 aromatic carbocycles. The Balaban J connectivity index is 2.20. The van der Waals surface area contributed by atoms with Crippen molar-refractivity contribution in [2.45, 2.75) is 6.18 Å². The molecule has 4 nitrogen and oxygen atoms in total. The lowest BCUT2D eigenvalue weighted by Gasteiger charge is -2.09. The molecule has 0 radical (unpaired) electrons. The fraction of sp³-hybridized carbons (Fsp3) is 0.0769. The van der Waals surface area contributed by atoms with Gasteiger partial charge in [0.05, 0.1) is 5.56 Å². The number of nitrogen functional groups attached to an aromatic ring is 1. The second-order valence-corrected chi connectivity index (χ2v) is 3.86. The first-order chi connectivity index (χ1) is 9.36. The average Bonchev–Trinajstić information content (AvgIpc) is 2.38. The monoisotopic (exact) mass is 282 g/mol. The molecule has 0 aliphatic heterocycles. The van der Waals surface area contributed by atoms with Crippen LogP contribution >= 0.6 is 0 Å². The number of pyridine rings is 1. The fourth-order valence-electron chi connectivity index (χ4n) is 1.46. The first kappa shape index (κ1) is 13.9. The fourth-order valence-corrected chi connectivity index (χ4v) is 1.46. The molecule has 0 aliphatic rings. The van der Waals surface area contributed by atoms with Crippen LogP contribution in [0.15, 0.2) is 42.5 Å². The van der Waals surface area contributed by atoms with Gasteiger partial charge in [0.25, 0.3) is 0 Å². The van der Waals surface area contributed by atoms with Crippen LogP contribution in [0, 0.1) is 0 Å². The number of carbonyl (C=O) groups is 1. The zero-order valence-corrected chi connectivity index (χ0v) is 10.0. The maximum Gasteiger partial charge on any atom is 0.416 e. The van der Waals surface area contributed by atoms with E-state index < -0.39 is 17.7 Å². The Labute approximate surface area is 112 Å². The minimum Gasteiger partial charge on any atom is -0.422 e. The van der Waals surface area contributed by atoms with Crippen LogP contribution in [0.1, 0.15) is 16.1 Å². The second kappa shape index (κ2) is 5.20. The quantitative estimate of drug-likeness (QED) is 0.679. The van der Waals surface area contributed by atoms with Crippen LogP contribution in [0.2, 0.25) is 0 Å². The number of alkyl halides is 3. The van der Waals surface area contributed by atoms with Gasteiger partial charge in [0.15, 0.2) is 5.69 Å². The number of rotatable bonds is 2. The summed E-state index contributed by atoms with van der Waals surface area (Å²) >= 11 is 0. The van der Waals surface area contributed by atoms with E-state index in [2.05, 4.69) is 4.98 Å². The van der Waals surface area contributed by atoms with Gasteiger partial charge in [0.1, 0.15) is 11.6 Å². The van der Waals surface area contributed by atoms with Crippen LogP contribution in [-0.2, 0) is 6.18 Å². The van der Waals surface area contributed by atoms with Crippen molar-refractivity contribution < 1.29 is 22.7 Å². The van der Waals surface area contributed by atoms with Gasteiger partial charge >= 0.3 is 12.1 Å². The predicted molar refractivity (Wildman–Crippen MR) is 65.1 cm³/mol. The van der Waals surface area contributed by atoms with E-state index in [-0.39, 0.29) is 17.3 Å². The third-order valence-corrected chi connectivity index (χ3v) is 2.35. The summed E-state index contributed by atoms with van der Waals surface area (Å²) in [6, 6.07) is 8.34. The normalized spacial score (nSPS) is 11.2. The number of benzene rings is 1. The van der Waals surface area contributed by atoms with Crippen molar-refractivity contribution in [2.75, 3.05) is 5.73 Å². The summed E-state index contributed by atoms with van der Waals surface area (Å²) in [6.07, 6.45) is -4.50. The Morgan fingerprint density at radius 3 is 2.50 bits per heavy atom. The zero-order chi connectivity index (χ0) is 14.8. The molecule has 2 aromatic rings. The summed E-state index contributed by atoms with van der Waals surface area (Å²) in [4.78, 5) is 15.4. The molecule has 0 unspecified atom stereocenters. The summed E-state index contributed by atoms with van der Waals surface area (Å²) in [7, 11) is 0. The predicted octanol–water partition coefficient (Wildman–Crippen LogP) is 2.90. The first-order valence-electron chi connectivity index (χ1n) is 5.48. The maximum atomic E-state index is 12.5. The van der Waals surface area contributed by atoms with Gasteiger partial charge in [0.2, 0.25) is 0 Å². The van der Waals surface area contributed by atoms with Crippen molar-refractivity contribution in [1.82, 2.24) is 4.98 Å². The van der Waals surface area contributed by atoms with Crippen molar-refractivity contribution in [3.05, 3.63) is 53.7 Å². The Bertz CT molecular complexity index is 642. The Morgan fingerprint density at radius 2 is 1.85 bits per heavy atom. The second-order valence-electron chi connectivity index (χ2n) is 3.86. The Hall–Kier alpha value is -2.57. The molecule has 104 valence electrons. The number of hydrogen-bond acceptors (Lipinski definition) is 4. The molecule has 0 bridgehead atoms. The Kier molecular flexibility index (Phi) is 3.60. The molecule has 20 heavy (non-hydrogen) atoms. The highest BCUT2D eigenvalue weighted by Gasteiger charge is 2.30. The first-order valence-corrected chi connectivity index (χ1v) is 5.48. The molecular formula is C13H9F3N2O2. The van der Waals surface area contributed by atoms with Gasteiger partial charge in [-0.3, -0.25) is 0 Å². The standard InChI is InChI=1S/C13H9F3N2O2/c14-13(15,16)8-3-1-4-9(7-8)20-12(19)10-5-2-6-11(17)18-10/h1-7H,(H2,17,18). The van der Waals surface area contributed by atoms with Crippen LogP contribution < -0.4 is 10.5 Å². The van der Waals surface area contributed by atoms with Gasteiger partial charge in [-0.2, -0.15) is 13.2 Å².